The lowest BCUT2D eigenvalue weighted by Crippen LogP contribution is -2.57. The van der Waals surface area contributed by atoms with Crippen molar-refractivity contribution in [2.24, 2.45) is 5.41 Å². The van der Waals surface area contributed by atoms with E-state index in [4.69, 9.17) is 0 Å². The number of hydrogen-bond acceptors (Lipinski definition) is 2. The van der Waals surface area contributed by atoms with Gasteiger partial charge in [-0.1, -0.05) is 37.3 Å². The van der Waals surface area contributed by atoms with Gasteiger partial charge >= 0.3 is 5.69 Å². The highest BCUT2D eigenvalue weighted by molar-refractivity contribution is 5.97. The number of imidazole rings is 1. The van der Waals surface area contributed by atoms with Gasteiger partial charge in [-0.15, -0.1) is 0 Å². The van der Waals surface area contributed by atoms with Gasteiger partial charge in [0.05, 0.1) is 11.0 Å². The maximum atomic E-state index is 12.8. The van der Waals surface area contributed by atoms with Gasteiger partial charge in [0.2, 0.25) is 0 Å². The van der Waals surface area contributed by atoms with Crippen molar-refractivity contribution in [1.82, 2.24) is 14.5 Å². The molecule has 26 heavy (non-hydrogen) atoms. The SMILES string of the molecule is CCn1c(=O)[nH]c2cc(C(=O)N3CC(C)(Cc4ccccc4)C3)ccc21. The number of nitrogens with one attached hydrogen (secondary N) is 1. The summed E-state index contributed by atoms with van der Waals surface area (Å²) in [7, 11) is 0. The van der Waals surface area contributed by atoms with Crippen molar-refractivity contribution in [2.75, 3.05) is 13.1 Å². The number of carbonyl (C=O) groups is 1. The first-order chi connectivity index (χ1) is 12.5. The Morgan fingerprint density at radius 1 is 1.15 bits per heavy atom. The number of H-pyrrole nitrogens is 1. The standard InChI is InChI=1S/C21H23N3O2/c1-3-24-18-10-9-16(11-17(18)22-20(24)26)19(25)23-13-21(2,14-23)12-15-7-5-4-6-8-15/h4-11H,3,12-14H2,1-2H3,(H,22,26). The van der Waals surface area contributed by atoms with E-state index in [1.165, 1.54) is 5.56 Å². The molecule has 0 bridgehead atoms. The summed E-state index contributed by atoms with van der Waals surface area (Å²) in [4.78, 5) is 29.4. The molecule has 1 amide bonds. The number of amides is 1. The van der Waals surface area contributed by atoms with E-state index in [9.17, 15) is 9.59 Å². The Hall–Kier alpha value is -2.82. The lowest BCUT2D eigenvalue weighted by molar-refractivity contribution is 0.0153. The van der Waals surface area contributed by atoms with Crippen LogP contribution in [0.15, 0.2) is 53.3 Å². The normalized spacial score (nSPS) is 15.8. The van der Waals surface area contributed by atoms with Gasteiger partial charge < -0.3 is 9.88 Å². The summed E-state index contributed by atoms with van der Waals surface area (Å²) in [6, 6.07) is 15.9. The summed E-state index contributed by atoms with van der Waals surface area (Å²) >= 11 is 0. The summed E-state index contributed by atoms with van der Waals surface area (Å²) in [5, 5.41) is 0. The Kier molecular flexibility index (Phi) is 3.94. The van der Waals surface area contributed by atoms with Crippen LogP contribution in [0.25, 0.3) is 11.0 Å². The monoisotopic (exact) mass is 349 g/mol. The van der Waals surface area contributed by atoms with Crippen molar-refractivity contribution in [1.29, 1.82) is 0 Å². The Morgan fingerprint density at radius 2 is 1.88 bits per heavy atom. The average Bonchev–Trinajstić information content (AvgIpc) is 2.93. The molecular formula is C21H23N3O2. The van der Waals surface area contributed by atoms with Crippen molar-refractivity contribution in [3.63, 3.8) is 0 Å². The van der Waals surface area contributed by atoms with E-state index in [1.54, 1.807) is 10.6 Å². The van der Waals surface area contributed by atoms with Crippen LogP contribution in [-0.4, -0.2) is 33.4 Å². The zero-order valence-corrected chi connectivity index (χ0v) is 15.2. The minimum atomic E-state index is -0.133. The van der Waals surface area contributed by atoms with Gasteiger partial charge in [-0.2, -0.15) is 0 Å². The fourth-order valence-electron chi connectivity index (χ4n) is 4.01. The highest BCUT2D eigenvalue weighted by Gasteiger charge is 2.41. The van der Waals surface area contributed by atoms with Crippen LogP contribution in [-0.2, 0) is 13.0 Å². The van der Waals surface area contributed by atoms with Crippen molar-refractivity contribution in [3.05, 3.63) is 70.1 Å². The average molecular weight is 349 g/mol. The van der Waals surface area contributed by atoms with Gasteiger partial charge in [-0.05, 0) is 37.1 Å². The van der Waals surface area contributed by atoms with Crippen LogP contribution < -0.4 is 5.69 Å². The molecule has 2 heterocycles. The zero-order valence-electron chi connectivity index (χ0n) is 15.2. The van der Waals surface area contributed by atoms with Crippen LogP contribution in [0.4, 0.5) is 0 Å². The van der Waals surface area contributed by atoms with Crippen molar-refractivity contribution in [2.45, 2.75) is 26.8 Å². The fourth-order valence-corrected chi connectivity index (χ4v) is 4.01. The number of nitrogens with zero attached hydrogens (tertiary/aromatic N) is 2. The summed E-state index contributed by atoms with van der Waals surface area (Å²) in [6.45, 7) is 6.28. The minimum Gasteiger partial charge on any atom is -0.337 e. The number of fused-ring (bicyclic) bond motifs is 1. The van der Waals surface area contributed by atoms with Crippen LogP contribution in [0.1, 0.15) is 29.8 Å². The largest absolute Gasteiger partial charge is 0.337 e. The Labute approximate surface area is 152 Å². The van der Waals surface area contributed by atoms with Gasteiger partial charge in [0.25, 0.3) is 5.91 Å². The van der Waals surface area contributed by atoms with Crippen molar-refractivity contribution >= 4 is 16.9 Å². The van der Waals surface area contributed by atoms with E-state index in [1.807, 2.05) is 30.0 Å². The third-order valence-electron chi connectivity index (χ3n) is 5.24. The molecule has 0 aliphatic carbocycles. The third kappa shape index (κ3) is 2.83. The predicted octanol–water partition coefficient (Wildman–Crippen LogP) is 3.05. The van der Waals surface area contributed by atoms with Gasteiger partial charge in [0, 0.05) is 30.6 Å². The quantitative estimate of drug-likeness (QED) is 0.787. The molecule has 0 spiro atoms. The first-order valence-corrected chi connectivity index (χ1v) is 9.05. The van der Waals surface area contributed by atoms with Crippen LogP contribution in [0, 0.1) is 5.41 Å². The molecule has 0 unspecified atom stereocenters. The summed E-state index contributed by atoms with van der Waals surface area (Å²) < 4.78 is 1.67. The number of benzene rings is 2. The van der Waals surface area contributed by atoms with E-state index >= 15 is 0 Å². The Balaban J connectivity index is 1.49. The molecule has 134 valence electrons. The molecule has 1 aromatic heterocycles. The second kappa shape index (κ2) is 6.16. The van der Waals surface area contributed by atoms with Gasteiger partial charge in [0.15, 0.2) is 0 Å². The lowest BCUT2D eigenvalue weighted by Gasteiger charge is -2.48. The summed E-state index contributed by atoms with van der Waals surface area (Å²) in [5.41, 5.74) is 3.49. The molecule has 0 atom stereocenters. The molecule has 3 aromatic rings. The fraction of sp³-hybridized carbons (Fsp3) is 0.333. The predicted molar refractivity (Wildman–Crippen MR) is 102 cm³/mol. The molecule has 2 aromatic carbocycles. The zero-order chi connectivity index (χ0) is 18.3. The molecule has 1 N–H and O–H groups in total. The molecule has 5 nitrogen and oxygen atoms in total. The minimum absolute atomic E-state index is 0.0301. The molecule has 4 rings (SSSR count). The molecule has 0 radical (unpaired) electrons. The Bertz CT molecular complexity index is 1010. The van der Waals surface area contributed by atoms with Crippen LogP contribution >= 0.6 is 0 Å². The van der Waals surface area contributed by atoms with Gasteiger partial charge in [-0.25, -0.2) is 4.79 Å². The van der Waals surface area contributed by atoms with E-state index in [0.29, 0.717) is 12.1 Å². The first kappa shape index (κ1) is 16.6. The number of hydrogen-bond donors (Lipinski definition) is 1. The summed E-state index contributed by atoms with van der Waals surface area (Å²) in [6.07, 6.45) is 0.976. The molecule has 1 saturated heterocycles. The second-order valence-corrected chi connectivity index (χ2v) is 7.54. The second-order valence-electron chi connectivity index (χ2n) is 7.54. The number of aromatic amines is 1. The van der Waals surface area contributed by atoms with Crippen molar-refractivity contribution < 1.29 is 4.79 Å². The molecule has 1 fully saturated rings. The van der Waals surface area contributed by atoms with E-state index in [2.05, 4.69) is 36.2 Å². The lowest BCUT2D eigenvalue weighted by atomic mass is 9.76. The maximum absolute atomic E-state index is 12.8. The van der Waals surface area contributed by atoms with Crippen molar-refractivity contribution in [3.8, 4) is 0 Å². The maximum Gasteiger partial charge on any atom is 0.326 e. The molecule has 5 heteroatoms. The van der Waals surface area contributed by atoms with Crippen LogP contribution in [0.2, 0.25) is 0 Å². The molecule has 1 aliphatic rings. The smallest absolute Gasteiger partial charge is 0.326 e. The van der Waals surface area contributed by atoms with E-state index in [0.717, 1.165) is 30.5 Å². The highest BCUT2D eigenvalue weighted by atomic mass is 16.2. The van der Waals surface area contributed by atoms with Crippen LogP contribution in [0.3, 0.4) is 0 Å². The van der Waals surface area contributed by atoms with E-state index < -0.39 is 0 Å². The number of aromatic nitrogens is 2. The molecule has 1 aliphatic heterocycles. The molecule has 0 saturated carbocycles. The summed E-state index contributed by atoms with van der Waals surface area (Å²) in [5.74, 6) is 0.0301. The molecular weight excluding hydrogens is 326 g/mol. The Morgan fingerprint density at radius 3 is 2.58 bits per heavy atom. The topological polar surface area (TPSA) is 58.1 Å². The number of rotatable bonds is 4. The van der Waals surface area contributed by atoms with Gasteiger partial charge in [-0.3, -0.25) is 9.36 Å². The number of likely N-dealkylation sites (tertiary alicyclic amines) is 1. The van der Waals surface area contributed by atoms with Crippen LogP contribution in [0.5, 0.6) is 0 Å². The number of carbonyl (C=O) groups excluding carboxylic acids is 1. The third-order valence-corrected chi connectivity index (χ3v) is 5.24. The van der Waals surface area contributed by atoms with E-state index in [-0.39, 0.29) is 17.0 Å². The highest BCUT2D eigenvalue weighted by Crippen LogP contribution is 2.34. The number of aryl methyl sites for hydroxylation is 1. The van der Waals surface area contributed by atoms with Gasteiger partial charge in [0.1, 0.15) is 0 Å². The first-order valence-electron chi connectivity index (χ1n) is 9.05.